The van der Waals surface area contributed by atoms with Gasteiger partial charge in [-0.25, -0.2) is 4.39 Å². The van der Waals surface area contributed by atoms with E-state index < -0.39 is 0 Å². The Morgan fingerprint density at radius 3 is 2.39 bits per heavy atom. The zero-order valence-corrected chi connectivity index (χ0v) is 17.8. The smallest absolute Gasteiger partial charge is 0.176 e. The Labute approximate surface area is 183 Å². The summed E-state index contributed by atoms with van der Waals surface area (Å²) in [6.45, 7) is 0. The lowest BCUT2D eigenvalue weighted by Crippen LogP contribution is -2.06. The number of Topliss-reactive ketones (excluding diaryl/α,β-unsaturated/α-hetero) is 1. The average molecular weight is 434 g/mol. The van der Waals surface area contributed by atoms with Gasteiger partial charge in [0.1, 0.15) is 28.0 Å². The maximum Gasteiger partial charge on any atom is 0.176 e. The van der Waals surface area contributed by atoms with Gasteiger partial charge in [-0.1, -0.05) is 36.0 Å². The first-order valence-electron chi connectivity index (χ1n) is 9.50. The summed E-state index contributed by atoms with van der Waals surface area (Å²) < 4.78 is 23.8. The Hall–Kier alpha value is -3.45. The summed E-state index contributed by atoms with van der Waals surface area (Å²) in [6.07, 6.45) is 0. The van der Waals surface area contributed by atoms with E-state index in [0.717, 1.165) is 16.3 Å². The first-order chi connectivity index (χ1) is 15.1. The molecule has 4 aromatic rings. The molecule has 0 unspecified atom stereocenters. The number of nitrogens with zero attached hydrogens (tertiary/aromatic N) is 2. The first kappa shape index (κ1) is 20.8. The van der Waals surface area contributed by atoms with Crippen LogP contribution in [0.3, 0.4) is 0 Å². The number of benzene rings is 3. The second-order valence-corrected chi connectivity index (χ2v) is 7.65. The van der Waals surface area contributed by atoms with Gasteiger partial charge in [0.2, 0.25) is 0 Å². The Bertz CT molecular complexity index is 1250. The van der Waals surface area contributed by atoms with E-state index in [1.165, 1.54) is 31.0 Å². The monoisotopic (exact) mass is 434 g/mol. The molecule has 5 nitrogen and oxygen atoms in total. The van der Waals surface area contributed by atoms with Gasteiger partial charge < -0.3 is 9.47 Å². The molecule has 0 saturated carbocycles. The van der Waals surface area contributed by atoms with Gasteiger partial charge in [-0.05, 0) is 36.4 Å². The molecule has 0 saturated heterocycles. The fraction of sp³-hybridized carbons (Fsp3) is 0.125. The molecule has 0 atom stereocenters. The number of aromatic nitrogens is 2. The molecule has 4 rings (SSSR count). The quantitative estimate of drug-likeness (QED) is 0.286. The molecular weight excluding hydrogens is 415 g/mol. The van der Waals surface area contributed by atoms with Crippen molar-refractivity contribution in [3.63, 3.8) is 0 Å². The van der Waals surface area contributed by atoms with Gasteiger partial charge >= 0.3 is 0 Å². The summed E-state index contributed by atoms with van der Waals surface area (Å²) in [5.41, 5.74) is 1.93. The van der Waals surface area contributed by atoms with Gasteiger partial charge in [0.25, 0.3) is 0 Å². The van der Waals surface area contributed by atoms with Gasteiger partial charge in [0, 0.05) is 22.4 Å². The Balaban J connectivity index is 1.62. The molecule has 0 bridgehead atoms. The van der Waals surface area contributed by atoms with Crippen molar-refractivity contribution in [2.75, 3.05) is 20.0 Å². The van der Waals surface area contributed by atoms with E-state index in [1.807, 2.05) is 24.3 Å². The van der Waals surface area contributed by atoms with Crippen molar-refractivity contribution in [3.05, 3.63) is 78.1 Å². The van der Waals surface area contributed by atoms with Crippen molar-refractivity contribution in [1.82, 2.24) is 10.2 Å². The first-order valence-corrected chi connectivity index (χ1v) is 10.5. The van der Waals surface area contributed by atoms with E-state index in [1.54, 1.807) is 37.4 Å². The third-order valence-corrected chi connectivity index (χ3v) is 5.80. The molecule has 0 N–H and O–H groups in total. The van der Waals surface area contributed by atoms with Gasteiger partial charge in [-0.2, -0.15) is 0 Å². The summed E-state index contributed by atoms with van der Waals surface area (Å²) >= 11 is 1.32. The number of halogens is 1. The van der Waals surface area contributed by atoms with E-state index in [9.17, 15) is 9.18 Å². The predicted octanol–water partition coefficient (Wildman–Crippen LogP) is 5.43. The van der Waals surface area contributed by atoms with Crippen LogP contribution in [0, 0.1) is 5.82 Å². The Morgan fingerprint density at radius 2 is 1.68 bits per heavy atom. The Morgan fingerprint density at radius 1 is 0.935 bits per heavy atom. The normalized spacial score (nSPS) is 10.8. The minimum atomic E-state index is -0.305. The molecule has 0 aliphatic heterocycles. The molecule has 1 heterocycles. The maximum atomic E-state index is 13.3. The highest BCUT2D eigenvalue weighted by atomic mass is 32.2. The number of carbonyl (C=O) groups excluding carboxylic acids is 1. The molecular formula is C24H19FN2O3S. The van der Waals surface area contributed by atoms with Crippen LogP contribution in [-0.4, -0.2) is 36.0 Å². The van der Waals surface area contributed by atoms with Crippen LogP contribution in [0.15, 0.2) is 71.8 Å². The highest BCUT2D eigenvalue weighted by molar-refractivity contribution is 8.00. The molecule has 0 amide bonds. The number of ether oxygens (including phenoxy) is 2. The minimum absolute atomic E-state index is 0.0852. The lowest BCUT2D eigenvalue weighted by Gasteiger charge is -2.11. The number of hydrogen-bond acceptors (Lipinski definition) is 6. The lowest BCUT2D eigenvalue weighted by molar-refractivity contribution is 0.101. The fourth-order valence-corrected chi connectivity index (χ4v) is 4.10. The van der Waals surface area contributed by atoms with Gasteiger partial charge in [-0.15, -0.1) is 10.2 Å². The summed E-state index contributed by atoms with van der Waals surface area (Å²) in [6, 6.07) is 19.0. The molecule has 0 spiro atoms. The summed E-state index contributed by atoms with van der Waals surface area (Å²) in [5, 5.41) is 11.2. The number of methoxy groups -OCH3 is 2. The Kier molecular flexibility index (Phi) is 6.13. The summed E-state index contributed by atoms with van der Waals surface area (Å²) in [5.74, 6) is 0.873. The van der Waals surface area contributed by atoms with Gasteiger partial charge in [0.15, 0.2) is 5.78 Å². The number of rotatable bonds is 7. The number of carbonyl (C=O) groups is 1. The van der Waals surface area contributed by atoms with Crippen molar-refractivity contribution in [2.45, 2.75) is 5.03 Å². The van der Waals surface area contributed by atoms with Gasteiger partial charge in [0.05, 0.1) is 25.5 Å². The molecule has 0 aliphatic carbocycles. The SMILES string of the molecule is COc1ccc(C(=O)CSc2nnc(-c3ccc(F)cc3)c3ccccc23)c(OC)c1. The van der Waals surface area contributed by atoms with E-state index >= 15 is 0 Å². The third-order valence-electron chi connectivity index (χ3n) is 4.82. The fourth-order valence-electron chi connectivity index (χ4n) is 3.25. The topological polar surface area (TPSA) is 61.3 Å². The molecule has 156 valence electrons. The van der Waals surface area contributed by atoms with Gasteiger partial charge in [-0.3, -0.25) is 4.79 Å². The van der Waals surface area contributed by atoms with Crippen LogP contribution in [0.2, 0.25) is 0 Å². The number of thioether (sulfide) groups is 1. The minimum Gasteiger partial charge on any atom is -0.497 e. The van der Waals surface area contributed by atoms with Crippen LogP contribution < -0.4 is 9.47 Å². The molecule has 7 heteroatoms. The van der Waals surface area contributed by atoms with E-state index in [0.29, 0.717) is 27.8 Å². The summed E-state index contributed by atoms with van der Waals surface area (Å²) in [7, 11) is 3.08. The number of fused-ring (bicyclic) bond motifs is 1. The van der Waals surface area contributed by atoms with Crippen molar-refractivity contribution >= 4 is 28.3 Å². The largest absolute Gasteiger partial charge is 0.497 e. The zero-order valence-electron chi connectivity index (χ0n) is 17.0. The second kappa shape index (κ2) is 9.14. The lowest BCUT2D eigenvalue weighted by atomic mass is 10.1. The third kappa shape index (κ3) is 4.36. The van der Waals surface area contributed by atoms with Crippen LogP contribution in [0.4, 0.5) is 4.39 Å². The molecule has 0 fully saturated rings. The van der Waals surface area contributed by atoms with Crippen molar-refractivity contribution in [1.29, 1.82) is 0 Å². The van der Waals surface area contributed by atoms with E-state index in [-0.39, 0.29) is 17.4 Å². The highest BCUT2D eigenvalue weighted by Crippen LogP contribution is 2.33. The molecule has 3 aromatic carbocycles. The van der Waals surface area contributed by atoms with Crippen LogP contribution in [-0.2, 0) is 0 Å². The zero-order chi connectivity index (χ0) is 21.8. The maximum absolute atomic E-state index is 13.3. The van der Waals surface area contributed by atoms with Crippen LogP contribution >= 0.6 is 11.8 Å². The standard InChI is InChI=1S/C24H19FN2O3S/c1-29-17-11-12-20(22(13-17)30-2)21(28)14-31-24-19-6-4-3-5-18(19)23(26-27-24)15-7-9-16(25)10-8-15/h3-13H,14H2,1-2H3. The number of hydrogen-bond donors (Lipinski definition) is 0. The highest BCUT2D eigenvalue weighted by Gasteiger charge is 2.16. The molecule has 0 aliphatic rings. The summed E-state index contributed by atoms with van der Waals surface area (Å²) in [4.78, 5) is 12.8. The molecule has 31 heavy (non-hydrogen) atoms. The van der Waals surface area contributed by atoms with Crippen molar-refractivity contribution in [3.8, 4) is 22.8 Å². The van der Waals surface area contributed by atoms with Crippen molar-refractivity contribution < 1.29 is 18.7 Å². The van der Waals surface area contributed by atoms with Crippen LogP contribution in [0.1, 0.15) is 10.4 Å². The van der Waals surface area contributed by atoms with Crippen molar-refractivity contribution in [2.24, 2.45) is 0 Å². The molecule has 0 radical (unpaired) electrons. The predicted molar refractivity (Wildman–Crippen MR) is 120 cm³/mol. The van der Waals surface area contributed by atoms with E-state index in [4.69, 9.17) is 9.47 Å². The second-order valence-electron chi connectivity index (χ2n) is 6.68. The van der Waals surface area contributed by atoms with Crippen LogP contribution in [0.25, 0.3) is 22.0 Å². The van der Waals surface area contributed by atoms with Crippen LogP contribution in [0.5, 0.6) is 11.5 Å². The number of ketones is 1. The average Bonchev–Trinajstić information content (AvgIpc) is 2.82. The van der Waals surface area contributed by atoms with E-state index in [2.05, 4.69) is 10.2 Å². The molecule has 1 aromatic heterocycles.